The largest absolute Gasteiger partial charge is 0.286 e. The lowest BCUT2D eigenvalue weighted by Gasteiger charge is -2.00. The molecule has 0 atom stereocenters. The fourth-order valence-electron chi connectivity index (χ4n) is 2.82. The van der Waals surface area contributed by atoms with Gasteiger partial charge in [0.2, 0.25) is 0 Å². The Bertz CT molecular complexity index is 580. The summed E-state index contributed by atoms with van der Waals surface area (Å²) in [6.07, 6.45) is 21.4. The van der Waals surface area contributed by atoms with Gasteiger partial charge in [0.15, 0.2) is 0 Å². The van der Waals surface area contributed by atoms with Crippen molar-refractivity contribution in [3.63, 3.8) is 0 Å². The number of allylic oxidation sites excluding steroid dienone is 2. The summed E-state index contributed by atoms with van der Waals surface area (Å²) in [4.78, 5) is 0. The molecule has 0 saturated heterocycles. The molecular formula is C22H44O5S2. The number of sulfone groups is 1. The first-order valence-electron chi connectivity index (χ1n) is 11.0. The summed E-state index contributed by atoms with van der Waals surface area (Å²) in [5, 5.41) is 0. The second-order valence-corrected chi connectivity index (χ2v) is 11.5. The smallest absolute Gasteiger partial charge is 0.264 e. The van der Waals surface area contributed by atoms with Crippen LogP contribution in [0.1, 0.15) is 96.3 Å². The zero-order valence-corrected chi connectivity index (χ0v) is 20.1. The van der Waals surface area contributed by atoms with E-state index in [9.17, 15) is 16.8 Å². The van der Waals surface area contributed by atoms with Crippen molar-refractivity contribution in [1.29, 1.82) is 0 Å². The van der Waals surface area contributed by atoms with E-state index in [-0.39, 0.29) is 5.75 Å². The summed E-state index contributed by atoms with van der Waals surface area (Å²) in [5.74, 6) is 0.253. The van der Waals surface area contributed by atoms with E-state index in [1.165, 1.54) is 44.8 Å². The van der Waals surface area contributed by atoms with Crippen molar-refractivity contribution in [3.05, 3.63) is 25.3 Å². The van der Waals surface area contributed by atoms with Gasteiger partial charge < -0.3 is 0 Å². The van der Waals surface area contributed by atoms with Crippen molar-refractivity contribution in [2.24, 2.45) is 0 Å². The lowest BCUT2D eigenvalue weighted by atomic mass is 10.1. The normalized spacial score (nSPS) is 11.5. The summed E-state index contributed by atoms with van der Waals surface area (Å²) in [5.41, 5.74) is 0. The molecule has 0 aliphatic carbocycles. The highest BCUT2D eigenvalue weighted by Gasteiger charge is 2.02. The average Bonchev–Trinajstić information content (AvgIpc) is 2.61. The third kappa shape index (κ3) is 35.2. The molecule has 0 aromatic carbocycles. The van der Waals surface area contributed by atoms with Crippen molar-refractivity contribution < 1.29 is 21.4 Å². The number of hydrogen-bond donors (Lipinski definition) is 1. The van der Waals surface area contributed by atoms with Gasteiger partial charge in [-0.25, -0.2) is 8.42 Å². The molecule has 0 rings (SSSR count). The summed E-state index contributed by atoms with van der Waals surface area (Å²) >= 11 is 0. The first kappa shape index (κ1) is 30.5. The highest BCUT2D eigenvalue weighted by atomic mass is 32.2. The Balaban J connectivity index is 0. The molecule has 0 heterocycles. The molecule has 0 amide bonds. The molecule has 0 fully saturated rings. The minimum absolute atomic E-state index is 0.0938. The van der Waals surface area contributed by atoms with E-state index in [1.807, 2.05) is 12.2 Å². The van der Waals surface area contributed by atoms with Crippen LogP contribution < -0.4 is 0 Å². The third-order valence-corrected chi connectivity index (χ3v) is 6.32. The van der Waals surface area contributed by atoms with Crippen LogP contribution in [0.15, 0.2) is 25.3 Å². The second kappa shape index (κ2) is 20.6. The molecule has 0 bridgehead atoms. The average molecular weight is 453 g/mol. The van der Waals surface area contributed by atoms with E-state index in [0.717, 1.165) is 51.4 Å². The van der Waals surface area contributed by atoms with Gasteiger partial charge in [-0.15, -0.1) is 13.2 Å². The van der Waals surface area contributed by atoms with Crippen molar-refractivity contribution in [3.8, 4) is 0 Å². The Morgan fingerprint density at radius 3 is 1.21 bits per heavy atom. The Morgan fingerprint density at radius 2 is 0.897 bits per heavy atom. The lowest BCUT2D eigenvalue weighted by molar-refractivity contribution is 0.478. The van der Waals surface area contributed by atoms with Crippen molar-refractivity contribution >= 4 is 20.0 Å². The van der Waals surface area contributed by atoms with Crippen molar-refractivity contribution in [1.82, 2.24) is 0 Å². The van der Waals surface area contributed by atoms with Crippen LogP contribution in [0.3, 0.4) is 0 Å². The molecule has 0 unspecified atom stereocenters. The minimum Gasteiger partial charge on any atom is -0.286 e. The molecule has 0 aromatic rings. The van der Waals surface area contributed by atoms with Crippen LogP contribution in [0.2, 0.25) is 0 Å². The monoisotopic (exact) mass is 452 g/mol. The van der Waals surface area contributed by atoms with Crippen molar-refractivity contribution in [2.45, 2.75) is 96.3 Å². The topological polar surface area (TPSA) is 88.5 Å². The van der Waals surface area contributed by atoms with Crippen LogP contribution in [-0.4, -0.2) is 39.1 Å². The molecule has 1 N–H and O–H groups in total. The molecule has 174 valence electrons. The summed E-state index contributed by atoms with van der Waals surface area (Å²) < 4.78 is 50.8. The van der Waals surface area contributed by atoms with Gasteiger partial charge in [0.1, 0.15) is 9.84 Å². The summed E-state index contributed by atoms with van der Waals surface area (Å²) in [6, 6.07) is 0. The molecule has 0 radical (unpaired) electrons. The maximum Gasteiger partial charge on any atom is 0.264 e. The summed E-state index contributed by atoms with van der Waals surface area (Å²) in [7, 11) is -6.48. The minimum atomic E-state index is -3.74. The van der Waals surface area contributed by atoms with E-state index in [0.29, 0.717) is 12.2 Å². The fourth-order valence-corrected chi connectivity index (χ4v) is 4.11. The van der Waals surface area contributed by atoms with E-state index < -0.39 is 20.0 Å². The SMILES string of the molecule is C=CCCCCCCCCCS(=O)(=O)O.C=CCCCCCCCCS(C)(=O)=O. The van der Waals surface area contributed by atoms with Crippen LogP contribution in [0.4, 0.5) is 0 Å². The highest BCUT2D eigenvalue weighted by molar-refractivity contribution is 7.90. The maximum atomic E-state index is 10.8. The van der Waals surface area contributed by atoms with Gasteiger partial charge in [0.25, 0.3) is 10.1 Å². The van der Waals surface area contributed by atoms with Crippen LogP contribution in [0, 0.1) is 0 Å². The first-order chi connectivity index (χ1) is 13.6. The zero-order chi connectivity index (χ0) is 22.4. The highest BCUT2D eigenvalue weighted by Crippen LogP contribution is 2.09. The summed E-state index contributed by atoms with van der Waals surface area (Å²) in [6.45, 7) is 7.33. The standard InChI is InChI=1S/C11H22O3S.C11H22O2S/c1-2-3-4-5-6-7-8-9-10-11-15(12,13)14;1-3-4-5-6-7-8-9-10-11-14(2,12)13/h2H,1,3-11H2,(H,12,13,14);3H,1,4-11H2,2H3. The Labute approximate surface area is 180 Å². The predicted molar refractivity (Wildman–Crippen MR) is 126 cm³/mol. The second-order valence-electron chi connectivity index (χ2n) is 7.67. The van der Waals surface area contributed by atoms with Crippen LogP contribution >= 0.6 is 0 Å². The Hall–Kier alpha value is -0.660. The van der Waals surface area contributed by atoms with Gasteiger partial charge in [-0.2, -0.15) is 8.42 Å². The zero-order valence-electron chi connectivity index (χ0n) is 18.5. The maximum absolute atomic E-state index is 10.8. The van der Waals surface area contributed by atoms with E-state index >= 15 is 0 Å². The predicted octanol–water partition coefficient (Wildman–Crippen LogP) is 6.13. The van der Waals surface area contributed by atoms with Gasteiger partial charge in [-0.3, -0.25) is 4.55 Å². The van der Waals surface area contributed by atoms with E-state index in [4.69, 9.17) is 4.55 Å². The van der Waals surface area contributed by atoms with Crippen LogP contribution in [-0.2, 0) is 20.0 Å². The quantitative estimate of drug-likeness (QED) is 0.145. The molecular weight excluding hydrogens is 408 g/mol. The number of unbranched alkanes of at least 4 members (excludes halogenated alkanes) is 13. The van der Waals surface area contributed by atoms with Gasteiger partial charge in [-0.05, 0) is 38.5 Å². The van der Waals surface area contributed by atoms with Crippen molar-refractivity contribution in [2.75, 3.05) is 17.8 Å². The molecule has 5 nitrogen and oxygen atoms in total. The van der Waals surface area contributed by atoms with Crippen LogP contribution in [0.25, 0.3) is 0 Å². The molecule has 0 saturated carbocycles. The molecule has 0 aromatic heterocycles. The van der Waals surface area contributed by atoms with Gasteiger partial charge in [0.05, 0.1) is 5.75 Å². The first-order valence-corrected chi connectivity index (χ1v) is 14.6. The molecule has 0 spiro atoms. The molecule has 0 aliphatic rings. The Morgan fingerprint density at radius 1 is 0.586 bits per heavy atom. The Kier molecular flexibility index (Phi) is 21.7. The fraction of sp³-hybridized carbons (Fsp3) is 0.818. The van der Waals surface area contributed by atoms with Gasteiger partial charge >= 0.3 is 0 Å². The van der Waals surface area contributed by atoms with Crippen LogP contribution in [0.5, 0.6) is 0 Å². The van der Waals surface area contributed by atoms with Gasteiger partial charge in [0, 0.05) is 12.0 Å². The third-order valence-electron chi connectivity index (χ3n) is 4.48. The molecule has 0 aliphatic heterocycles. The lowest BCUT2D eigenvalue weighted by Crippen LogP contribution is -2.03. The molecule has 29 heavy (non-hydrogen) atoms. The number of hydrogen-bond acceptors (Lipinski definition) is 4. The molecule has 7 heteroatoms. The van der Waals surface area contributed by atoms with Gasteiger partial charge in [-0.1, -0.05) is 69.9 Å². The van der Waals surface area contributed by atoms with E-state index in [1.54, 1.807) is 0 Å². The number of rotatable bonds is 19. The van der Waals surface area contributed by atoms with E-state index in [2.05, 4.69) is 13.2 Å².